The molecule has 1 saturated heterocycles. The lowest BCUT2D eigenvalue weighted by Crippen LogP contribution is -2.52. The summed E-state index contributed by atoms with van der Waals surface area (Å²) in [4.78, 5) is 14.1. The van der Waals surface area contributed by atoms with E-state index in [-0.39, 0.29) is 24.0 Å². The fourth-order valence-corrected chi connectivity index (χ4v) is 3.46. The van der Waals surface area contributed by atoms with Gasteiger partial charge in [-0.2, -0.15) is 0 Å². The first-order chi connectivity index (χ1) is 14.7. The minimum Gasteiger partial charge on any atom is -0.444 e. The van der Waals surface area contributed by atoms with Gasteiger partial charge >= 0.3 is 0 Å². The van der Waals surface area contributed by atoms with Gasteiger partial charge in [-0.15, -0.1) is 24.0 Å². The molecule has 31 heavy (non-hydrogen) atoms. The summed E-state index contributed by atoms with van der Waals surface area (Å²) in [6.45, 7) is 10.0. The fraction of sp³-hybridized carbons (Fsp3) is 0.409. The number of nitrogens with zero attached hydrogens (tertiary/aromatic N) is 5. The molecule has 8 nitrogen and oxygen atoms in total. The lowest BCUT2D eigenvalue weighted by molar-refractivity contribution is 0.169. The highest BCUT2D eigenvalue weighted by atomic mass is 127. The van der Waals surface area contributed by atoms with Gasteiger partial charge in [-0.3, -0.25) is 4.90 Å². The minimum atomic E-state index is 0. The molecule has 3 aromatic rings. The van der Waals surface area contributed by atoms with Gasteiger partial charge in [0.15, 0.2) is 5.96 Å². The van der Waals surface area contributed by atoms with Crippen LogP contribution in [0.5, 0.6) is 0 Å². The summed E-state index contributed by atoms with van der Waals surface area (Å²) >= 11 is 0. The van der Waals surface area contributed by atoms with Crippen molar-refractivity contribution in [1.29, 1.82) is 0 Å². The highest BCUT2D eigenvalue weighted by Crippen LogP contribution is 2.19. The molecule has 0 spiro atoms. The van der Waals surface area contributed by atoms with E-state index in [9.17, 15) is 0 Å². The second kappa shape index (κ2) is 11.3. The van der Waals surface area contributed by atoms with Crippen LogP contribution < -0.4 is 5.32 Å². The number of hydrogen-bond acceptors (Lipinski definition) is 6. The largest absolute Gasteiger partial charge is 0.444 e. The van der Waals surface area contributed by atoms with E-state index in [2.05, 4.69) is 51.2 Å². The second-order valence-corrected chi connectivity index (χ2v) is 7.43. The van der Waals surface area contributed by atoms with Gasteiger partial charge in [0.1, 0.15) is 18.2 Å². The summed E-state index contributed by atoms with van der Waals surface area (Å²) in [5.74, 6) is 1.55. The molecule has 9 heteroatoms. The molecule has 2 aromatic heterocycles. The Morgan fingerprint density at radius 3 is 2.55 bits per heavy atom. The molecule has 166 valence electrons. The molecule has 1 fully saturated rings. The van der Waals surface area contributed by atoms with Crippen molar-refractivity contribution in [2.24, 2.45) is 4.99 Å². The van der Waals surface area contributed by atoms with Gasteiger partial charge in [-0.1, -0.05) is 22.9 Å². The van der Waals surface area contributed by atoms with E-state index in [1.165, 1.54) is 5.56 Å². The van der Waals surface area contributed by atoms with Crippen LogP contribution in [0.4, 0.5) is 0 Å². The number of aryl methyl sites for hydroxylation is 1. The van der Waals surface area contributed by atoms with Crippen LogP contribution in [0.15, 0.2) is 56.8 Å². The van der Waals surface area contributed by atoms with Crippen LogP contribution >= 0.6 is 24.0 Å². The van der Waals surface area contributed by atoms with E-state index in [0.717, 1.165) is 62.2 Å². The number of oxazole rings is 1. The molecule has 4 rings (SSSR count). The zero-order chi connectivity index (χ0) is 20.8. The Balaban J connectivity index is 0.00000272. The molecule has 0 radical (unpaired) electrons. The van der Waals surface area contributed by atoms with Crippen LogP contribution in [-0.4, -0.2) is 58.6 Å². The van der Waals surface area contributed by atoms with Crippen LogP contribution in [0.3, 0.4) is 0 Å². The van der Waals surface area contributed by atoms with Crippen molar-refractivity contribution in [1.82, 2.24) is 25.3 Å². The zero-order valence-corrected chi connectivity index (χ0v) is 20.3. The van der Waals surface area contributed by atoms with Gasteiger partial charge in [0.25, 0.3) is 0 Å². The van der Waals surface area contributed by atoms with E-state index in [4.69, 9.17) is 13.9 Å². The number of guanidine groups is 1. The SMILES string of the molecule is CCNC(=NCc1coc(-c2ccc(C)cc2)n1)N1CCN(Cc2ccon2)CC1.I. The first-order valence-corrected chi connectivity index (χ1v) is 10.4. The molecule has 0 amide bonds. The van der Waals surface area contributed by atoms with Crippen molar-refractivity contribution < 1.29 is 8.94 Å². The van der Waals surface area contributed by atoms with Crippen molar-refractivity contribution in [3.05, 3.63) is 59.8 Å². The number of nitrogens with one attached hydrogen (secondary N) is 1. The average molecular weight is 536 g/mol. The maximum atomic E-state index is 5.66. The van der Waals surface area contributed by atoms with Gasteiger partial charge < -0.3 is 19.2 Å². The first kappa shape index (κ1) is 23.3. The molecule has 0 aliphatic carbocycles. The van der Waals surface area contributed by atoms with E-state index in [1.54, 1.807) is 12.5 Å². The molecule has 0 bridgehead atoms. The highest BCUT2D eigenvalue weighted by Gasteiger charge is 2.20. The van der Waals surface area contributed by atoms with E-state index in [0.29, 0.717) is 12.4 Å². The van der Waals surface area contributed by atoms with Crippen molar-refractivity contribution in [3.8, 4) is 11.5 Å². The molecule has 0 atom stereocenters. The monoisotopic (exact) mass is 536 g/mol. The van der Waals surface area contributed by atoms with Gasteiger partial charge in [0.05, 0.1) is 12.2 Å². The van der Waals surface area contributed by atoms with Crippen LogP contribution in [-0.2, 0) is 13.1 Å². The Morgan fingerprint density at radius 1 is 1.10 bits per heavy atom. The van der Waals surface area contributed by atoms with E-state index in [1.807, 2.05) is 18.2 Å². The third kappa shape index (κ3) is 6.30. The van der Waals surface area contributed by atoms with Gasteiger partial charge in [0.2, 0.25) is 5.89 Å². The quantitative estimate of drug-likeness (QED) is 0.293. The highest BCUT2D eigenvalue weighted by molar-refractivity contribution is 14.0. The van der Waals surface area contributed by atoms with Gasteiger partial charge in [-0.05, 0) is 26.0 Å². The number of piperazine rings is 1. The van der Waals surface area contributed by atoms with Crippen LogP contribution in [0.1, 0.15) is 23.9 Å². The molecule has 1 N–H and O–H groups in total. The van der Waals surface area contributed by atoms with Crippen molar-refractivity contribution in [2.75, 3.05) is 32.7 Å². The maximum absolute atomic E-state index is 5.66. The van der Waals surface area contributed by atoms with Crippen LogP contribution in [0.2, 0.25) is 0 Å². The van der Waals surface area contributed by atoms with E-state index < -0.39 is 0 Å². The maximum Gasteiger partial charge on any atom is 0.226 e. The number of benzene rings is 1. The number of halogens is 1. The third-order valence-corrected chi connectivity index (χ3v) is 5.12. The van der Waals surface area contributed by atoms with Crippen molar-refractivity contribution >= 4 is 29.9 Å². The Kier molecular flexibility index (Phi) is 8.47. The smallest absolute Gasteiger partial charge is 0.226 e. The summed E-state index contributed by atoms with van der Waals surface area (Å²) in [5, 5.41) is 7.40. The Labute approximate surface area is 199 Å². The normalized spacial score (nSPS) is 15.0. The molecular weight excluding hydrogens is 507 g/mol. The third-order valence-electron chi connectivity index (χ3n) is 5.12. The summed E-state index contributed by atoms with van der Waals surface area (Å²) < 4.78 is 10.6. The van der Waals surface area contributed by atoms with Gasteiger partial charge in [-0.25, -0.2) is 9.98 Å². The summed E-state index contributed by atoms with van der Waals surface area (Å²) in [5.41, 5.74) is 3.99. The predicted molar refractivity (Wildman–Crippen MR) is 130 cm³/mol. The molecule has 1 aliphatic rings. The number of aliphatic imine (C=N–C) groups is 1. The molecule has 0 saturated carbocycles. The minimum absolute atomic E-state index is 0. The Morgan fingerprint density at radius 2 is 1.87 bits per heavy atom. The van der Waals surface area contributed by atoms with Gasteiger partial charge in [0, 0.05) is 50.9 Å². The van der Waals surface area contributed by atoms with Crippen molar-refractivity contribution in [3.63, 3.8) is 0 Å². The Hall–Kier alpha value is -2.40. The lowest BCUT2D eigenvalue weighted by Gasteiger charge is -2.36. The van der Waals surface area contributed by atoms with Crippen LogP contribution in [0, 0.1) is 6.92 Å². The summed E-state index contributed by atoms with van der Waals surface area (Å²) in [6, 6.07) is 10.1. The lowest BCUT2D eigenvalue weighted by atomic mass is 10.1. The first-order valence-electron chi connectivity index (χ1n) is 10.4. The standard InChI is InChI=1S/C22H28N6O2.HI/c1-3-23-22(28-11-9-27(10-12-28)15-19-8-13-30-26-19)24-14-20-16-29-21(25-20)18-6-4-17(2)5-7-18;/h4-8,13,16H,3,9-12,14-15H2,1-2H3,(H,23,24);1H. The van der Waals surface area contributed by atoms with Crippen LogP contribution in [0.25, 0.3) is 11.5 Å². The number of aromatic nitrogens is 2. The molecular formula is C22H29IN6O2. The number of rotatable bonds is 6. The molecule has 0 unspecified atom stereocenters. The molecule has 1 aliphatic heterocycles. The zero-order valence-electron chi connectivity index (χ0n) is 18.0. The Bertz CT molecular complexity index is 947. The summed E-state index contributed by atoms with van der Waals surface area (Å²) in [6.07, 6.45) is 3.31. The summed E-state index contributed by atoms with van der Waals surface area (Å²) in [7, 11) is 0. The van der Waals surface area contributed by atoms with Crippen molar-refractivity contribution in [2.45, 2.75) is 26.9 Å². The molecule has 3 heterocycles. The average Bonchev–Trinajstić information content (AvgIpc) is 3.45. The second-order valence-electron chi connectivity index (χ2n) is 7.43. The predicted octanol–water partition coefficient (Wildman–Crippen LogP) is 3.54. The van der Waals surface area contributed by atoms with E-state index >= 15 is 0 Å². The topological polar surface area (TPSA) is 82.9 Å². The number of hydrogen-bond donors (Lipinski definition) is 1. The fourth-order valence-electron chi connectivity index (χ4n) is 3.46. The molecule has 1 aromatic carbocycles.